The van der Waals surface area contributed by atoms with Gasteiger partial charge in [0, 0.05) is 12.1 Å². The van der Waals surface area contributed by atoms with Crippen molar-refractivity contribution < 1.29 is 14.6 Å². The molecule has 0 atom stereocenters. The summed E-state index contributed by atoms with van der Waals surface area (Å²) in [5.74, 6) is 0.551. The van der Waals surface area contributed by atoms with E-state index in [2.05, 4.69) is 5.32 Å². The van der Waals surface area contributed by atoms with Crippen LogP contribution in [0.15, 0.2) is 36.4 Å². The number of aryl methyl sites for hydroxylation is 1. The summed E-state index contributed by atoms with van der Waals surface area (Å²) in [7, 11) is 0. The number of ether oxygens (including phenoxy) is 1. The fourth-order valence-electron chi connectivity index (χ4n) is 2.30. The summed E-state index contributed by atoms with van der Waals surface area (Å²) in [6.45, 7) is 2.55. The average Bonchev–Trinajstić information content (AvgIpc) is 2.85. The number of benzene rings is 2. The molecule has 1 amide bonds. The fraction of sp³-hybridized carbons (Fsp3) is 0.188. The number of fused-ring (bicyclic) bond motifs is 1. The van der Waals surface area contributed by atoms with Crippen molar-refractivity contribution in [1.82, 2.24) is 0 Å². The van der Waals surface area contributed by atoms with Crippen molar-refractivity contribution >= 4 is 11.6 Å². The Labute approximate surface area is 117 Å². The van der Waals surface area contributed by atoms with Gasteiger partial charge in [-0.1, -0.05) is 6.07 Å². The van der Waals surface area contributed by atoms with Gasteiger partial charge in [0.05, 0.1) is 12.2 Å². The second-order valence-electron chi connectivity index (χ2n) is 4.90. The summed E-state index contributed by atoms with van der Waals surface area (Å²) in [6.07, 6.45) is 0.856. The number of carbonyl (C=O) groups is 1. The molecule has 4 nitrogen and oxygen atoms in total. The van der Waals surface area contributed by atoms with Crippen LogP contribution in [0, 0.1) is 6.92 Å². The molecule has 1 aliphatic heterocycles. The van der Waals surface area contributed by atoms with Gasteiger partial charge >= 0.3 is 0 Å². The molecule has 0 bridgehead atoms. The number of nitrogens with one attached hydrogen (secondary N) is 1. The number of hydrogen-bond acceptors (Lipinski definition) is 3. The lowest BCUT2D eigenvalue weighted by Crippen LogP contribution is -2.12. The molecule has 102 valence electrons. The lowest BCUT2D eigenvalue weighted by Gasteiger charge is -2.08. The minimum Gasteiger partial charge on any atom is -0.507 e. The lowest BCUT2D eigenvalue weighted by atomic mass is 10.1. The van der Waals surface area contributed by atoms with Crippen LogP contribution in [0.4, 0.5) is 5.69 Å². The molecule has 0 unspecified atom stereocenters. The van der Waals surface area contributed by atoms with Gasteiger partial charge in [0.1, 0.15) is 11.5 Å². The van der Waals surface area contributed by atoms with Crippen LogP contribution in [0.3, 0.4) is 0 Å². The Hall–Kier alpha value is -2.49. The summed E-state index contributed by atoms with van der Waals surface area (Å²) in [4.78, 5) is 12.1. The molecule has 0 aliphatic carbocycles. The molecule has 0 saturated heterocycles. The van der Waals surface area contributed by atoms with Gasteiger partial charge in [-0.15, -0.1) is 0 Å². The van der Waals surface area contributed by atoms with E-state index in [1.54, 1.807) is 24.3 Å². The Bertz CT molecular complexity index is 679. The zero-order valence-electron chi connectivity index (χ0n) is 11.1. The van der Waals surface area contributed by atoms with Gasteiger partial charge in [0.2, 0.25) is 0 Å². The van der Waals surface area contributed by atoms with Gasteiger partial charge in [-0.05, 0) is 48.4 Å². The summed E-state index contributed by atoms with van der Waals surface area (Å²) < 4.78 is 5.42. The van der Waals surface area contributed by atoms with Crippen LogP contribution in [-0.4, -0.2) is 17.6 Å². The van der Waals surface area contributed by atoms with Crippen molar-refractivity contribution in [2.75, 3.05) is 11.9 Å². The van der Waals surface area contributed by atoms with Crippen LogP contribution < -0.4 is 10.1 Å². The van der Waals surface area contributed by atoms with E-state index in [4.69, 9.17) is 4.74 Å². The van der Waals surface area contributed by atoms with E-state index >= 15 is 0 Å². The van der Waals surface area contributed by atoms with Crippen LogP contribution >= 0.6 is 0 Å². The van der Waals surface area contributed by atoms with E-state index in [9.17, 15) is 9.90 Å². The molecule has 20 heavy (non-hydrogen) atoms. The Kier molecular flexibility index (Phi) is 3.06. The Balaban J connectivity index is 1.82. The highest BCUT2D eigenvalue weighted by Gasteiger charge is 2.15. The van der Waals surface area contributed by atoms with Crippen LogP contribution in [-0.2, 0) is 6.42 Å². The second kappa shape index (κ2) is 4.89. The maximum Gasteiger partial charge on any atom is 0.259 e. The standard InChI is InChI=1S/C16H15NO3/c1-10-2-4-13(14(18)8-10)16(19)17-12-3-5-15-11(9-12)6-7-20-15/h2-5,8-9,18H,6-7H2,1H3,(H,17,19). The largest absolute Gasteiger partial charge is 0.507 e. The molecule has 0 spiro atoms. The number of anilines is 1. The van der Waals surface area contributed by atoms with Gasteiger partial charge in [-0.2, -0.15) is 0 Å². The van der Waals surface area contributed by atoms with E-state index in [1.165, 1.54) is 0 Å². The summed E-state index contributed by atoms with van der Waals surface area (Å²) in [6, 6.07) is 10.6. The third-order valence-corrected chi connectivity index (χ3v) is 3.35. The van der Waals surface area contributed by atoms with Crippen LogP contribution in [0.1, 0.15) is 21.5 Å². The highest BCUT2D eigenvalue weighted by Crippen LogP contribution is 2.28. The molecule has 0 saturated carbocycles. The van der Waals surface area contributed by atoms with Gasteiger partial charge in [-0.25, -0.2) is 0 Å². The molecule has 1 heterocycles. The predicted octanol–water partition coefficient (Wildman–Crippen LogP) is 2.89. The molecular weight excluding hydrogens is 254 g/mol. The van der Waals surface area contributed by atoms with Crippen molar-refractivity contribution in [3.63, 3.8) is 0 Å². The molecule has 2 aromatic rings. The zero-order chi connectivity index (χ0) is 14.1. The van der Waals surface area contributed by atoms with Crippen LogP contribution in [0.2, 0.25) is 0 Å². The SMILES string of the molecule is Cc1ccc(C(=O)Nc2ccc3c(c2)CCO3)c(O)c1. The molecule has 4 heteroatoms. The Morgan fingerprint density at radius 2 is 2.10 bits per heavy atom. The van der Waals surface area contributed by atoms with Crippen molar-refractivity contribution in [3.05, 3.63) is 53.1 Å². The Morgan fingerprint density at radius 1 is 1.25 bits per heavy atom. The van der Waals surface area contributed by atoms with Crippen LogP contribution in [0.25, 0.3) is 0 Å². The van der Waals surface area contributed by atoms with E-state index < -0.39 is 0 Å². The minimum absolute atomic E-state index is 0.00741. The third kappa shape index (κ3) is 2.32. The molecule has 2 N–H and O–H groups in total. The number of phenolic OH excluding ortho intramolecular Hbond substituents is 1. The van der Waals surface area contributed by atoms with Gasteiger partial charge < -0.3 is 15.2 Å². The summed E-state index contributed by atoms with van der Waals surface area (Å²) >= 11 is 0. The lowest BCUT2D eigenvalue weighted by molar-refractivity contribution is 0.102. The molecule has 2 aromatic carbocycles. The van der Waals surface area contributed by atoms with E-state index in [0.29, 0.717) is 12.3 Å². The first kappa shape index (κ1) is 12.5. The molecule has 3 rings (SSSR count). The first-order valence-corrected chi connectivity index (χ1v) is 6.50. The minimum atomic E-state index is -0.318. The quantitative estimate of drug-likeness (QED) is 0.881. The van der Waals surface area contributed by atoms with E-state index in [-0.39, 0.29) is 17.2 Å². The average molecular weight is 269 g/mol. The highest BCUT2D eigenvalue weighted by atomic mass is 16.5. The number of amides is 1. The van der Waals surface area contributed by atoms with Crippen LogP contribution in [0.5, 0.6) is 11.5 Å². The smallest absolute Gasteiger partial charge is 0.259 e. The molecule has 1 aliphatic rings. The van der Waals surface area contributed by atoms with E-state index in [0.717, 1.165) is 23.3 Å². The van der Waals surface area contributed by atoms with Crippen molar-refractivity contribution in [1.29, 1.82) is 0 Å². The molecule has 0 radical (unpaired) electrons. The number of carbonyl (C=O) groups excluding carboxylic acids is 1. The topological polar surface area (TPSA) is 58.6 Å². The second-order valence-corrected chi connectivity index (χ2v) is 4.90. The number of phenols is 1. The Morgan fingerprint density at radius 3 is 2.90 bits per heavy atom. The van der Waals surface area contributed by atoms with Crippen molar-refractivity contribution in [2.45, 2.75) is 13.3 Å². The summed E-state index contributed by atoms with van der Waals surface area (Å²) in [5, 5.41) is 12.6. The number of hydrogen-bond donors (Lipinski definition) is 2. The molecule has 0 aromatic heterocycles. The fourth-order valence-corrected chi connectivity index (χ4v) is 2.30. The maximum atomic E-state index is 12.1. The maximum absolute atomic E-state index is 12.1. The molecule has 0 fully saturated rings. The zero-order valence-corrected chi connectivity index (χ0v) is 11.1. The van der Waals surface area contributed by atoms with Gasteiger partial charge in [0.15, 0.2) is 0 Å². The summed E-state index contributed by atoms with van der Waals surface area (Å²) in [5.41, 5.74) is 2.98. The predicted molar refractivity (Wildman–Crippen MR) is 76.4 cm³/mol. The normalized spacial score (nSPS) is 12.7. The first-order chi connectivity index (χ1) is 9.63. The van der Waals surface area contributed by atoms with Gasteiger partial charge in [-0.3, -0.25) is 4.79 Å². The first-order valence-electron chi connectivity index (χ1n) is 6.50. The van der Waals surface area contributed by atoms with Crippen molar-refractivity contribution in [2.24, 2.45) is 0 Å². The van der Waals surface area contributed by atoms with E-state index in [1.807, 2.05) is 19.1 Å². The number of aromatic hydroxyl groups is 1. The third-order valence-electron chi connectivity index (χ3n) is 3.35. The molecular formula is C16H15NO3. The number of rotatable bonds is 2. The highest BCUT2D eigenvalue weighted by molar-refractivity contribution is 6.06. The van der Waals surface area contributed by atoms with Gasteiger partial charge in [0.25, 0.3) is 5.91 Å². The monoisotopic (exact) mass is 269 g/mol. The van der Waals surface area contributed by atoms with Crippen molar-refractivity contribution in [3.8, 4) is 11.5 Å².